The minimum Gasteiger partial charge on any atom is -0.325 e. The van der Waals surface area contributed by atoms with E-state index in [1.807, 2.05) is 0 Å². The van der Waals surface area contributed by atoms with E-state index in [1.54, 1.807) is 19.1 Å². The van der Waals surface area contributed by atoms with Crippen LogP contribution in [0.25, 0.3) is 0 Å². The molecule has 1 N–H and O–H groups in total. The highest BCUT2D eigenvalue weighted by Gasteiger charge is 2.31. The molecule has 0 aliphatic carbocycles. The Balaban J connectivity index is 1.86. The fraction of sp³-hybridized carbons (Fsp3) is 0.174. The van der Waals surface area contributed by atoms with Gasteiger partial charge in [-0.05, 0) is 55.0 Å². The lowest BCUT2D eigenvalue weighted by Crippen LogP contribution is -2.37. The molecule has 0 radical (unpaired) electrons. The highest BCUT2D eigenvalue weighted by Crippen LogP contribution is 2.30. The van der Waals surface area contributed by atoms with Gasteiger partial charge in [0, 0.05) is 12.2 Å². The van der Waals surface area contributed by atoms with Crippen molar-refractivity contribution in [2.75, 3.05) is 11.9 Å². The van der Waals surface area contributed by atoms with Crippen LogP contribution in [-0.2, 0) is 27.5 Å². The summed E-state index contributed by atoms with van der Waals surface area (Å²) in [6, 6.07) is 15.1. The first-order valence-electron chi connectivity index (χ1n) is 9.73. The van der Waals surface area contributed by atoms with E-state index in [1.165, 1.54) is 30.3 Å². The second kappa shape index (κ2) is 9.72. The van der Waals surface area contributed by atoms with Crippen LogP contribution in [0.3, 0.4) is 0 Å². The number of anilines is 1. The maximum atomic E-state index is 13.3. The third kappa shape index (κ3) is 6.39. The molecule has 0 aliphatic rings. The van der Waals surface area contributed by atoms with Crippen LogP contribution in [0, 0.1) is 12.7 Å². The molecule has 33 heavy (non-hydrogen) atoms. The topological polar surface area (TPSA) is 66.5 Å². The van der Waals surface area contributed by atoms with Gasteiger partial charge in [-0.1, -0.05) is 35.9 Å². The summed E-state index contributed by atoms with van der Waals surface area (Å²) < 4.78 is 79.4. The fourth-order valence-corrected chi connectivity index (χ4v) is 4.40. The number of nitrogens with zero attached hydrogens (tertiary/aromatic N) is 1. The van der Waals surface area contributed by atoms with Crippen molar-refractivity contribution in [2.24, 2.45) is 0 Å². The van der Waals surface area contributed by atoms with Gasteiger partial charge < -0.3 is 5.32 Å². The van der Waals surface area contributed by atoms with Crippen LogP contribution < -0.4 is 5.32 Å². The van der Waals surface area contributed by atoms with E-state index in [4.69, 9.17) is 0 Å². The molecule has 3 aromatic rings. The summed E-state index contributed by atoms with van der Waals surface area (Å²) >= 11 is 0. The standard InChI is InChI=1S/C23H20F4N2O3S/c1-16-5-11-21(12-6-16)33(31,32)29(14-17-7-9-19(24)10-8-17)15-22(30)28-20-4-2-3-18(13-20)23(25,26)27/h2-13H,14-15H2,1H3,(H,28,30). The predicted octanol–water partition coefficient (Wildman–Crippen LogP) is 4.98. The van der Waals surface area contributed by atoms with E-state index >= 15 is 0 Å². The Kier molecular flexibility index (Phi) is 7.19. The van der Waals surface area contributed by atoms with E-state index in [0.29, 0.717) is 5.56 Å². The molecule has 0 heterocycles. The lowest BCUT2D eigenvalue weighted by Gasteiger charge is -2.22. The number of carbonyl (C=O) groups is 1. The van der Waals surface area contributed by atoms with Crippen molar-refractivity contribution in [3.63, 3.8) is 0 Å². The van der Waals surface area contributed by atoms with Crippen LogP contribution in [-0.4, -0.2) is 25.2 Å². The Morgan fingerprint density at radius 3 is 2.21 bits per heavy atom. The number of aryl methyl sites for hydroxylation is 1. The zero-order valence-corrected chi connectivity index (χ0v) is 18.3. The number of halogens is 4. The first-order valence-corrected chi connectivity index (χ1v) is 11.2. The molecular weight excluding hydrogens is 460 g/mol. The third-order valence-corrected chi connectivity index (χ3v) is 6.53. The molecule has 3 rings (SSSR count). The Morgan fingerprint density at radius 1 is 0.970 bits per heavy atom. The second-order valence-electron chi connectivity index (χ2n) is 7.34. The highest BCUT2D eigenvalue weighted by atomic mass is 32.2. The molecule has 0 spiro atoms. The van der Waals surface area contributed by atoms with Gasteiger partial charge in [0.25, 0.3) is 0 Å². The van der Waals surface area contributed by atoms with Crippen molar-refractivity contribution in [2.45, 2.75) is 24.5 Å². The molecule has 0 unspecified atom stereocenters. The normalized spacial score (nSPS) is 12.1. The summed E-state index contributed by atoms with van der Waals surface area (Å²) in [5, 5.41) is 2.31. The summed E-state index contributed by atoms with van der Waals surface area (Å²) in [6.45, 7) is 0.880. The maximum absolute atomic E-state index is 13.3. The Morgan fingerprint density at radius 2 is 1.61 bits per heavy atom. The second-order valence-corrected chi connectivity index (χ2v) is 9.28. The van der Waals surface area contributed by atoms with Crippen LogP contribution in [0.5, 0.6) is 0 Å². The summed E-state index contributed by atoms with van der Waals surface area (Å²) in [5.74, 6) is -1.33. The molecule has 0 fully saturated rings. The van der Waals surface area contributed by atoms with Gasteiger partial charge in [-0.2, -0.15) is 17.5 Å². The van der Waals surface area contributed by atoms with E-state index in [9.17, 15) is 30.8 Å². The molecule has 1 amide bonds. The average Bonchev–Trinajstić information content (AvgIpc) is 2.74. The number of sulfonamides is 1. The molecule has 0 saturated heterocycles. The van der Waals surface area contributed by atoms with E-state index in [0.717, 1.165) is 40.2 Å². The van der Waals surface area contributed by atoms with Gasteiger partial charge in [0.15, 0.2) is 0 Å². The molecule has 0 aromatic heterocycles. The molecule has 0 saturated carbocycles. The number of nitrogens with one attached hydrogen (secondary N) is 1. The van der Waals surface area contributed by atoms with Crippen LogP contribution in [0.2, 0.25) is 0 Å². The number of hydrogen-bond donors (Lipinski definition) is 1. The molecule has 3 aromatic carbocycles. The number of benzene rings is 3. The van der Waals surface area contributed by atoms with Crippen LogP contribution in [0.1, 0.15) is 16.7 Å². The van der Waals surface area contributed by atoms with Crippen molar-refractivity contribution in [1.29, 1.82) is 0 Å². The SMILES string of the molecule is Cc1ccc(S(=O)(=O)N(CC(=O)Nc2cccc(C(F)(F)F)c2)Cc2ccc(F)cc2)cc1. The van der Waals surface area contributed by atoms with Crippen LogP contribution in [0.4, 0.5) is 23.2 Å². The van der Waals surface area contributed by atoms with Crippen molar-refractivity contribution >= 4 is 21.6 Å². The Bertz CT molecular complexity index is 1230. The van der Waals surface area contributed by atoms with Crippen molar-refractivity contribution < 1.29 is 30.8 Å². The van der Waals surface area contributed by atoms with Gasteiger partial charge in [0.2, 0.25) is 15.9 Å². The van der Waals surface area contributed by atoms with E-state index < -0.39 is 40.0 Å². The van der Waals surface area contributed by atoms with Crippen LogP contribution in [0.15, 0.2) is 77.7 Å². The summed E-state index contributed by atoms with van der Waals surface area (Å²) in [6.07, 6.45) is -4.59. The lowest BCUT2D eigenvalue weighted by atomic mass is 10.2. The molecule has 0 bridgehead atoms. The summed E-state index contributed by atoms with van der Waals surface area (Å²) in [4.78, 5) is 12.5. The van der Waals surface area contributed by atoms with Gasteiger partial charge >= 0.3 is 6.18 Å². The summed E-state index contributed by atoms with van der Waals surface area (Å²) in [5.41, 5.74) is 0.195. The first-order chi connectivity index (χ1) is 15.4. The largest absolute Gasteiger partial charge is 0.416 e. The van der Waals surface area contributed by atoms with Crippen molar-refractivity contribution in [1.82, 2.24) is 4.31 Å². The number of carbonyl (C=O) groups excluding carboxylic acids is 1. The zero-order chi connectivity index (χ0) is 24.2. The molecule has 10 heteroatoms. The van der Waals surface area contributed by atoms with Gasteiger partial charge in [0.1, 0.15) is 5.82 Å². The van der Waals surface area contributed by atoms with Crippen molar-refractivity contribution in [3.05, 3.63) is 95.3 Å². The lowest BCUT2D eigenvalue weighted by molar-refractivity contribution is -0.137. The van der Waals surface area contributed by atoms with E-state index in [-0.39, 0.29) is 17.1 Å². The smallest absolute Gasteiger partial charge is 0.325 e. The molecule has 0 atom stereocenters. The Labute approximate surface area is 188 Å². The number of hydrogen-bond acceptors (Lipinski definition) is 3. The van der Waals surface area contributed by atoms with Crippen LogP contribution >= 0.6 is 0 Å². The predicted molar refractivity (Wildman–Crippen MR) is 115 cm³/mol. The quantitative estimate of drug-likeness (QED) is 0.485. The Hall–Kier alpha value is -3.24. The van der Waals surface area contributed by atoms with Gasteiger partial charge in [-0.25, -0.2) is 12.8 Å². The van der Waals surface area contributed by atoms with Gasteiger partial charge in [-0.3, -0.25) is 4.79 Å². The third-order valence-electron chi connectivity index (χ3n) is 4.72. The minimum atomic E-state index is -4.59. The maximum Gasteiger partial charge on any atom is 0.416 e. The number of alkyl halides is 3. The first kappa shape index (κ1) is 24.4. The highest BCUT2D eigenvalue weighted by molar-refractivity contribution is 7.89. The molecule has 174 valence electrons. The number of amides is 1. The average molecular weight is 480 g/mol. The van der Waals surface area contributed by atoms with E-state index in [2.05, 4.69) is 5.32 Å². The molecular formula is C23H20F4N2O3S. The molecule has 0 aliphatic heterocycles. The van der Waals surface area contributed by atoms with Crippen molar-refractivity contribution in [3.8, 4) is 0 Å². The monoisotopic (exact) mass is 480 g/mol. The number of rotatable bonds is 7. The summed E-state index contributed by atoms with van der Waals surface area (Å²) in [7, 11) is -4.15. The van der Waals surface area contributed by atoms with Gasteiger partial charge in [0.05, 0.1) is 17.0 Å². The zero-order valence-electron chi connectivity index (χ0n) is 17.4. The van der Waals surface area contributed by atoms with Gasteiger partial charge in [-0.15, -0.1) is 0 Å². The molecule has 5 nitrogen and oxygen atoms in total. The minimum absolute atomic E-state index is 0.0536. The fourth-order valence-electron chi connectivity index (χ4n) is 3.01.